The molecule has 1 aromatic heterocycles. The van der Waals surface area contributed by atoms with Gasteiger partial charge in [0.2, 0.25) is 0 Å². The molecule has 2 aromatic rings. The predicted molar refractivity (Wildman–Crippen MR) is 67.5 cm³/mol. The maximum absolute atomic E-state index is 10.9. The number of aromatic nitrogens is 1. The highest BCUT2D eigenvalue weighted by Gasteiger charge is 2.26. The van der Waals surface area contributed by atoms with Crippen molar-refractivity contribution in [2.24, 2.45) is 0 Å². The molecule has 0 aliphatic carbocycles. The summed E-state index contributed by atoms with van der Waals surface area (Å²) < 4.78 is 0. The molecule has 2 heterocycles. The van der Waals surface area contributed by atoms with Gasteiger partial charge in [-0.15, -0.1) is 12.4 Å². The summed E-state index contributed by atoms with van der Waals surface area (Å²) in [4.78, 5) is 14.3. The molecule has 1 aliphatic heterocycles. The zero-order chi connectivity index (χ0) is 11.1. The van der Waals surface area contributed by atoms with Crippen LogP contribution in [0, 0.1) is 0 Å². The summed E-state index contributed by atoms with van der Waals surface area (Å²) in [6, 6.07) is 7.55. The molecule has 0 bridgehead atoms. The summed E-state index contributed by atoms with van der Waals surface area (Å²) in [6.07, 6.45) is 0.550. The Labute approximate surface area is 104 Å². The minimum Gasteiger partial charge on any atom is -0.480 e. The van der Waals surface area contributed by atoms with Crippen LogP contribution in [0.1, 0.15) is 11.3 Å². The Hall–Kier alpha value is -1.52. The largest absolute Gasteiger partial charge is 0.480 e. The van der Waals surface area contributed by atoms with E-state index in [0.717, 1.165) is 22.2 Å². The Balaban J connectivity index is 0.00000108. The minimum atomic E-state index is -0.782. The lowest BCUT2D eigenvalue weighted by molar-refractivity contribution is -0.139. The topological polar surface area (TPSA) is 65.1 Å². The molecule has 3 N–H and O–H groups in total. The lowest BCUT2D eigenvalue weighted by atomic mass is 9.99. The lowest BCUT2D eigenvalue weighted by Crippen LogP contribution is -2.41. The van der Waals surface area contributed by atoms with Crippen LogP contribution in [0.2, 0.25) is 0 Å². The fourth-order valence-electron chi connectivity index (χ4n) is 2.32. The van der Waals surface area contributed by atoms with Crippen molar-refractivity contribution in [1.82, 2.24) is 10.3 Å². The van der Waals surface area contributed by atoms with Gasteiger partial charge in [0.25, 0.3) is 0 Å². The first kappa shape index (κ1) is 12.0. The molecule has 5 heteroatoms. The van der Waals surface area contributed by atoms with Crippen molar-refractivity contribution < 1.29 is 9.90 Å². The minimum absolute atomic E-state index is 0. The Morgan fingerprint density at radius 1 is 1.35 bits per heavy atom. The van der Waals surface area contributed by atoms with E-state index in [0.29, 0.717) is 13.0 Å². The number of carboxylic acid groups (broad SMARTS) is 1. The van der Waals surface area contributed by atoms with Gasteiger partial charge in [-0.1, -0.05) is 18.2 Å². The standard InChI is InChI=1S/C12H12N2O2.ClH/c15-12(16)10-5-8-7-3-1-2-4-9(7)14-11(8)6-13-10;/h1-4,10,13-14H,5-6H2,(H,15,16);1H/t10-;/m0./s1. The normalized spacial score (nSPS) is 18.5. The molecular weight excluding hydrogens is 240 g/mol. The molecule has 0 unspecified atom stereocenters. The van der Waals surface area contributed by atoms with Crippen LogP contribution in [0.15, 0.2) is 24.3 Å². The summed E-state index contributed by atoms with van der Waals surface area (Å²) in [7, 11) is 0. The van der Waals surface area contributed by atoms with Gasteiger partial charge in [-0.05, 0) is 11.6 Å². The second kappa shape index (κ2) is 4.39. The Morgan fingerprint density at radius 3 is 2.88 bits per heavy atom. The van der Waals surface area contributed by atoms with Crippen LogP contribution in [-0.4, -0.2) is 22.1 Å². The van der Waals surface area contributed by atoms with Gasteiger partial charge in [0.1, 0.15) is 6.04 Å². The summed E-state index contributed by atoms with van der Waals surface area (Å²) in [5.41, 5.74) is 3.33. The third-order valence-corrected chi connectivity index (χ3v) is 3.13. The molecule has 90 valence electrons. The quantitative estimate of drug-likeness (QED) is 0.724. The van der Waals surface area contributed by atoms with E-state index in [1.54, 1.807) is 0 Å². The number of aliphatic carboxylic acids is 1. The highest BCUT2D eigenvalue weighted by atomic mass is 35.5. The monoisotopic (exact) mass is 252 g/mol. The summed E-state index contributed by atoms with van der Waals surface area (Å²) >= 11 is 0. The number of halogens is 1. The average Bonchev–Trinajstić information content (AvgIpc) is 2.66. The number of fused-ring (bicyclic) bond motifs is 3. The number of nitrogens with one attached hydrogen (secondary N) is 2. The molecule has 1 aliphatic rings. The predicted octanol–water partition coefficient (Wildman–Crippen LogP) is 1.69. The molecular formula is C12H13ClN2O2. The molecule has 0 amide bonds. The summed E-state index contributed by atoms with van der Waals surface area (Å²) in [6.45, 7) is 0.598. The molecule has 3 rings (SSSR count). The van der Waals surface area contributed by atoms with Gasteiger partial charge in [-0.2, -0.15) is 0 Å². The van der Waals surface area contributed by atoms with E-state index in [1.165, 1.54) is 0 Å². The fourth-order valence-corrected chi connectivity index (χ4v) is 2.32. The van der Waals surface area contributed by atoms with Crippen LogP contribution < -0.4 is 5.32 Å². The van der Waals surface area contributed by atoms with E-state index >= 15 is 0 Å². The molecule has 0 fully saturated rings. The fraction of sp³-hybridized carbons (Fsp3) is 0.250. The van der Waals surface area contributed by atoms with Crippen molar-refractivity contribution in [3.05, 3.63) is 35.5 Å². The first-order valence-corrected chi connectivity index (χ1v) is 5.30. The van der Waals surface area contributed by atoms with Crippen LogP contribution in [0.3, 0.4) is 0 Å². The van der Waals surface area contributed by atoms with Crippen LogP contribution >= 0.6 is 12.4 Å². The number of rotatable bonds is 1. The van der Waals surface area contributed by atoms with Gasteiger partial charge in [0.15, 0.2) is 0 Å². The number of H-pyrrole nitrogens is 1. The molecule has 4 nitrogen and oxygen atoms in total. The second-order valence-corrected chi connectivity index (χ2v) is 4.10. The van der Waals surface area contributed by atoms with Gasteiger partial charge in [-0.25, -0.2) is 0 Å². The zero-order valence-corrected chi connectivity index (χ0v) is 9.88. The van der Waals surface area contributed by atoms with Crippen molar-refractivity contribution in [3.63, 3.8) is 0 Å². The molecule has 17 heavy (non-hydrogen) atoms. The van der Waals surface area contributed by atoms with E-state index in [9.17, 15) is 4.79 Å². The highest BCUT2D eigenvalue weighted by molar-refractivity contribution is 5.86. The number of aromatic amines is 1. The molecule has 0 radical (unpaired) electrons. The molecule has 1 aromatic carbocycles. The summed E-state index contributed by atoms with van der Waals surface area (Å²) in [5.74, 6) is -0.782. The van der Waals surface area contributed by atoms with Gasteiger partial charge < -0.3 is 10.1 Å². The Kier molecular flexibility index (Phi) is 3.09. The summed E-state index contributed by atoms with van der Waals surface area (Å²) in [5, 5.41) is 13.1. The van der Waals surface area contributed by atoms with Crippen molar-refractivity contribution in [2.75, 3.05) is 0 Å². The lowest BCUT2D eigenvalue weighted by Gasteiger charge is -2.20. The van der Waals surface area contributed by atoms with Crippen molar-refractivity contribution >= 4 is 29.3 Å². The van der Waals surface area contributed by atoms with Crippen molar-refractivity contribution in [3.8, 4) is 0 Å². The number of hydrogen-bond acceptors (Lipinski definition) is 2. The average molecular weight is 253 g/mol. The van der Waals surface area contributed by atoms with Crippen LogP contribution in [-0.2, 0) is 17.8 Å². The zero-order valence-electron chi connectivity index (χ0n) is 9.06. The second-order valence-electron chi connectivity index (χ2n) is 4.10. The third-order valence-electron chi connectivity index (χ3n) is 3.13. The Morgan fingerprint density at radius 2 is 2.12 bits per heavy atom. The van der Waals surface area contributed by atoms with Crippen molar-refractivity contribution in [2.45, 2.75) is 19.0 Å². The number of benzene rings is 1. The first-order valence-electron chi connectivity index (χ1n) is 5.30. The third kappa shape index (κ3) is 1.90. The van der Waals surface area contributed by atoms with Gasteiger partial charge in [0.05, 0.1) is 0 Å². The molecule has 0 saturated heterocycles. The van der Waals surface area contributed by atoms with E-state index in [-0.39, 0.29) is 12.4 Å². The van der Waals surface area contributed by atoms with Gasteiger partial charge >= 0.3 is 5.97 Å². The van der Waals surface area contributed by atoms with Crippen molar-refractivity contribution in [1.29, 1.82) is 0 Å². The first-order chi connectivity index (χ1) is 7.75. The number of hydrogen-bond donors (Lipinski definition) is 3. The molecule has 1 atom stereocenters. The van der Waals surface area contributed by atoms with E-state index in [1.807, 2.05) is 24.3 Å². The highest BCUT2D eigenvalue weighted by Crippen LogP contribution is 2.26. The SMILES string of the molecule is Cl.O=C(O)[C@@H]1Cc2c([nH]c3ccccc23)CN1. The van der Waals surface area contributed by atoms with E-state index in [4.69, 9.17) is 5.11 Å². The maximum atomic E-state index is 10.9. The number of carboxylic acids is 1. The van der Waals surface area contributed by atoms with Gasteiger partial charge in [0, 0.05) is 29.6 Å². The Bertz CT molecular complexity index is 565. The van der Waals surface area contributed by atoms with E-state index in [2.05, 4.69) is 10.3 Å². The molecule has 0 spiro atoms. The smallest absolute Gasteiger partial charge is 0.321 e. The van der Waals surface area contributed by atoms with Crippen LogP contribution in [0.25, 0.3) is 10.9 Å². The molecule has 0 saturated carbocycles. The van der Waals surface area contributed by atoms with Crippen LogP contribution in [0.5, 0.6) is 0 Å². The van der Waals surface area contributed by atoms with Gasteiger partial charge in [-0.3, -0.25) is 10.1 Å². The number of para-hydroxylation sites is 1. The maximum Gasteiger partial charge on any atom is 0.321 e. The van der Waals surface area contributed by atoms with E-state index < -0.39 is 12.0 Å². The van der Waals surface area contributed by atoms with Crippen LogP contribution in [0.4, 0.5) is 0 Å². The number of carbonyl (C=O) groups is 1.